The number of aromatic amines is 1. The number of anilines is 1. The lowest BCUT2D eigenvalue weighted by Gasteiger charge is -2.36. The molecule has 7 rings (SSSR count). The van der Waals surface area contributed by atoms with Crippen molar-refractivity contribution in [1.29, 1.82) is 0 Å². The molecule has 3 aliphatic rings. The van der Waals surface area contributed by atoms with Gasteiger partial charge in [-0.05, 0) is 72.1 Å². The fourth-order valence-electron chi connectivity index (χ4n) is 6.18. The lowest BCUT2D eigenvalue weighted by molar-refractivity contribution is -0.128. The van der Waals surface area contributed by atoms with E-state index in [1.807, 2.05) is 17.2 Å². The molecule has 0 saturated carbocycles. The standard InChI is InChI=1S/C32H33N5O2/c1-35-15-17-36(18-16-35)29-10-6-22(21-33-29)7-11-30(38)37-14-12-26-25-4-2-3-5-27(25)34-31(26)32(37)24-8-9-28-23(20-24)13-19-39-28/h2-11,20-21,32,34H,12-19H2,1H3/t32-/m1/s1. The van der Waals surface area contributed by atoms with Crippen molar-refractivity contribution in [2.45, 2.75) is 18.9 Å². The van der Waals surface area contributed by atoms with Crippen LogP contribution in [0.1, 0.15) is 34.0 Å². The number of aromatic nitrogens is 2. The summed E-state index contributed by atoms with van der Waals surface area (Å²) in [5, 5.41) is 1.25. The molecule has 0 bridgehead atoms. The maximum atomic E-state index is 13.7. The molecule has 198 valence electrons. The summed E-state index contributed by atoms with van der Waals surface area (Å²) in [5.74, 6) is 1.95. The van der Waals surface area contributed by atoms with E-state index in [0.717, 1.165) is 72.9 Å². The number of pyridine rings is 1. The largest absolute Gasteiger partial charge is 0.493 e. The van der Waals surface area contributed by atoms with Gasteiger partial charge in [-0.2, -0.15) is 0 Å². The van der Waals surface area contributed by atoms with Crippen LogP contribution in [-0.2, 0) is 17.6 Å². The molecule has 2 aromatic carbocycles. The molecule has 1 saturated heterocycles. The predicted molar refractivity (Wildman–Crippen MR) is 154 cm³/mol. The number of ether oxygens (including phenoxy) is 1. The summed E-state index contributed by atoms with van der Waals surface area (Å²) in [7, 11) is 2.15. The number of amides is 1. The Balaban J connectivity index is 1.17. The van der Waals surface area contributed by atoms with Gasteiger partial charge in [0.05, 0.1) is 12.6 Å². The minimum absolute atomic E-state index is 0.00389. The Hall–Kier alpha value is -4.10. The first-order chi connectivity index (χ1) is 19.1. The molecular formula is C32H33N5O2. The molecule has 0 aliphatic carbocycles. The monoisotopic (exact) mass is 519 g/mol. The molecule has 39 heavy (non-hydrogen) atoms. The van der Waals surface area contributed by atoms with Crippen LogP contribution < -0.4 is 9.64 Å². The number of H-pyrrole nitrogens is 1. The zero-order valence-corrected chi connectivity index (χ0v) is 22.3. The Kier molecular flexibility index (Phi) is 6.08. The fourth-order valence-corrected chi connectivity index (χ4v) is 6.18. The molecule has 7 nitrogen and oxygen atoms in total. The number of benzene rings is 2. The number of carbonyl (C=O) groups excluding carboxylic acids is 1. The van der Waals surface area contributed by atoms with Gasteiger partial charge in [-0.3, -0.25) is 4.79 Å². The first-order valence-electron chi connectivity index (χ1n) is 13.9. The van der Waals surface area contributed by atoms with Crippen molar-refractivity contribution in [1.82, 2.24) is 19.8 Å². The predicted octanol–water partition coefficient (Wildman–Crippen LogP) is 4.44. The third-order valence-electron chi connectivity index (χ3n) is 8.36. The van der Waals surface area contributed by atoms with Crippen molar-refractivity contribution in [3.63, 3.8) is 0 Å². The van der Waals surface area contributed by atoms with Crippen molar-refractivity contribution < 1.29 is 9.53 Å². The van der Waals surface area contributed by atoms with Crippen LogP contribution in [0.25, 0.3) is 17.0 Å². The van der Waals surface area contributed by atoms with Crippen LogP contribution in [-0.4, -0.2) is 72.1 Å². The summed E-state index contributed by atoms with van der Waals surface area (Å²) in [5.41, 5.74) is 6.80. The van der Waals surface area contributed by atoms with Gasteiger partial charge in [0.2, 0.25) is 5.91 Å². The molecule has 3 aliphatic heterocycles. The summed E-state index contributed by atoms with van der Waals surface area (Å²) in [6, 6.07) is 18.8. The van der Waals surface area contributed by atoms with Gasteiger partial charge >= 0.3 is 0 Å². The molecule has 1 N–H and O–H groups in total. The Labute approximate surface area is 228 Å². The quantitative estimate of drug-likeness (QED) is 0.404. The number of hydrogen-bond donors (Lipinski definition) is 1. The molecule has 0 radical (unpaired) electrons. The van der Waals surface area contributed by atoms with Gasteiger partial charge in [0.25, 0.3) is 0 Å². The second-order valence-electron chi connectivity index (χ2n) is 10.8. The van der Waals surface area contributed by atoms with Gasteiger partial charge in [-0.15, -0.1) is 0 Å². The fraction of sp³-hybridized carbons (Fsp3) is 0.312. The molecule has 7 heteroatoms. The Bertz CT molecular complexity index is 1550. The highest BCUT2D eigenvalue weighted by molar-refractivity contribution is 5.93. The third-order valence-corrected chi connectivity index (χ3v) is 8.36. The number of nitrogens with one attached hydrogen (secondary N) is 1. The van der Waals surface area contributed by atoms with E-state index in [9.17, 15) is 4.79 Å². The van der Waals surface area contributed by atoms with E-state index in [4.69, 9.17) is 4.74 Å². The van der Waals surface area contributed by atoms with Crippen LogP contribution in [0.4, 0.5) is 5.82 Å². The van der Waals surface area contributed by atoms with E-state index in [-0.39, 0.29) is 11.9 Å². The maximum absolute atomic E-state index is 13.7. The van der Waals surface area contributed by atoms with E-state index in [1.54, 1.807) is 6.08 Å². The SMILES string of the molecule is CN1CCN(c2ccc(C=CC(=O)N3CCc4c([nH]c5ccccc45)[C@H]3c3ccc4c(c3)CCO4)cn2)CC1. The minimum Gasteiger partial charge on any atom is -0.493 e. The number of rotatable bonds is 4. The van der Waals surface area contributed by atoms with Gasteiger partial charge in [-0.1, -0.05) is 24.3 Å². The van der Waals surface area contributed by atoms with E-state index in [1.165, 1.54) is 16.5 Å². The van der Waals surface area contributed by atoms with Crippen molar-refractivity contribution in [3.05, 3.63) is 94.8 Å². The maximum Gasteiger partial charge on any atom is 0.247 e. The topological polar surface area (TPSA) is 64.7 Å². The summed E-state index contributed by atoms with van der Waals surface area (Å²) >= 11 is 0. The molecule has 1 amide bonds. The molecule has 4 aromatic rings. The molecular weight excluding hydrogens is 486 g/mol. The molecule has 2 aromatic heterocycles. The highest BCUT2D eigenvalue weighted by atomic mass is 16.5. The summed E-state index contributed by atoms with van der Waals surface area (Å²) < 4.78 is 5.76. The highest BCUT2D eigenvalue weighted by Gasteiger charge is 2.34. The van der Waals surface area contributed by atoms with Crippen molar-refractivity contribution in [2.24, 2.45) is 0 Å². The van der Waals surface area contributed by atoms with Crippen LogP contribution in [0.2, 0.25) is 0 Å². The Morgan fingerprint density at radius 1 is 1.03 bits per heavy atom. The average Bonchev–Trinajstić information content (AvgIpc) is 3.60. The second-order valence-corrected chi connectivity index (χ2v) is 10.8. The first kappa shape index (κ1) is 24.0. The molecule has 5 heterocycles. The molecule has 1 fully saturated rings. The number of fused-ring (bicyclic) bond motifs is 4. The van der Waals surface area contributed by atoms with E-state index in [0.29, 0.717) is 13.2 Å². The zero-order chi connectivity index (χ0) is 26.3. The van der Waals surface area contributed by atoms with Crippen LogP contribution >= 0.6 is 0 Å². The van der Waals surface area contributed by atoms with Gasteiger partial charge in [0.1, 0.15) is 11.6 Å². The molecule has 0 unspecified atom stereocenters. The van der Waals surface area contributed by atoms with Crippen LogP contribution in [0.5, 0.6) is 5.75 Å². The van der Waals surface area contributed by atoms with Gasteiger partial charge < -0.3 is 24.4 Å². The number of nitrogens with zero attached hydrogens (tertiary/aromatic N) is 4. The van der Waals surface area contributed by atoms with Crippen LogP contribution in [0.3, 0.4) is 0 Å². The van der Waals surface area contributed by atoms with Crippen LogP contribution in [0.15, 0.2) is 66.9 Å². The lowest BCUT2D eigenvalue weighted by Crippen LogP contribution is -2.44. The van der Waals surface area contributed by atoms with Crippen LogP contribution in [0, 0.1) is 0 Å². The number of hydrogen-bond acceptors (Lipinski definition) is 5. The summed E-state index contributed by atoms with van der Waals surface area (Å²) in [6.45, 7) is 5.44. The Morgan fingerprint density at radius 3 is 2.74 bits per heavy atom. The third kappa shape index (κ3) is 4.46. The highest BCUT2D eigenvalue weighted by Crippen LogP contribution is 2.40. The van der Waals surface area contributed by atoms with Crippen molar-refractivity contribution in [2.75, 3.05) is 51.3 Å². The summed E-state index contributed by atoms with van der Waals surface area (Å²) in [4.78, 5) is 28.7. The number of para-hydroxylation sites is 1. The van der Waals surface area contributed by atoms with Gasteiger partial charge in [0.15, 0.2) is 0 Å². The Morgan fingerprint density at radius 2 is 1.90 bits per heavy atom. The van der Waals surface area contributed by atoms with Gasteiger partial charge in [0, 0.05) is 68.0 Å². The summed E-state index contributed by atoms with van der Waals surface area (Å²) in [6.07, 6.45) is 7.17. The second kappa shape index (κ2) is 9.89. The number of likely N-dealkylation sites (N-methyl/N-ethyl adjacent to an activating group) is 1. The average molecular weight is 520 g/mol. The minimum atomic E-state index is -0.179. The zero-order valence-electron chi connectivity index (χ0n) is 22.3. The van der Waals surface area contributed by atoms with E-state index in [2.05, 4.69) is 81.4 Å². The lowest BCUT2D eigenvalue weighted by atomic mass is 9.91. The van der Waals surface area contributed by atoms with Crippen molar-refractivity contribution >= 4 is 28.7 Å². The van der Waals surface area contributed by atoms with Gasteiger partial charge in [-0.25, -0.2) is 4.98 Å². The van der Waals surface area contributed by atoms with E-state index < -0.39 is 0 Å². The molecule has 0 spiro atoms. The van der Waals surface area contributed by atoms with E-state index >= 15 is 0 Å². The number of carbonyl (C=O) groups is 1. The number of piperazine rings is 1. The first-order valence-corrected chi connectivity index (χ1v) is 13.9. The molecule has 1 atom stereocenters. The van der Waals surface area contributed by atoms with Crippen molar-refractivity contribution in [3.8, 4) is 5.75 Å². The normalized spacial score (nSPS) is 19.4. The smallest absolute Gasteiger partial charge is 0.247 e.